The van der Waals surface area contributed by atoms with E-state index in [9.17, 15) is 4.79 Å². The molecule has 0 radical (unpaired) electrons. The first-order valence-electron chi connectivity index (χ1n) is 8.92. The van der Waals surface area contributed by atoms with Gasteiger partial charge < -0.3 is 20.4 Å². The Bertz CT molecular complexity index is 631. The number of nitrogens with zero attached hydrogens (tertiary/aromatic N) is 1. The van der Waals surface area contributed by atoms with E-state index in [0.717, 1.165) is 37.0 Å². The lowest BCUT2D eigenvalue weighted by Gasteiger charge is -2.34. The highest BCUT2D eigenvalue weighted by molar-refractivity contribution is 7.80. The van der Waals surface area contributed by atoms with Gasteiger partial charge in [0, 0.05) is 11.2 Å². The highest BCUT2D eigenvalue weighted by Crippen LogP contribution is 2.14. The summed E-state index contributed by atoms with van der Waals surface area (Å²) in [5.74, 6) is 0.117. The second kappa shape index (κ2) is 8.15. The summed E-state index contributed by atoms with van der Waals surface area (Å²) in [5, 5.41) is 7.13. The Labute approximate surface area is 156 Å². The van der Waals surface area contributed by atoms with E-state index in [1.165, 1.54) is 16.0 Å². The number of rotatable bonds is 3. The van der Waals surface area contributed by atoms with Crippen LogP contribution in [0.15, 0.2) is 18.2 Å². The van der Waals surface area contributed by atoms with E-state index in [0.29, 0.717) is 6.54 Å². The Hall–Kier alpha value is -1.66. The van der Waals surface area contributed by atoms with Crippen molar-refractivity contribution in [1.29, 1.82) is 0 Å². The maximum atomic E-state index is 12.1. The topological polar surface area (TPSA) is 48.8 Å². The van der Waals surface area contributed by atoms with Crippen LogP contribution in [0.3, 0.4) is 0 Å². The highest BCUT2D eigenvalue weighted by Gasteiger charge is 2.25. The first-order chi connectivity index (χ1) is 11.6. The Morgan fingerprint density at radius 3 is 2.40 bits per heavy atom. The van der Waals surface area contributed by atoms with Gasteiger partial charge in [-0.05, 0) is 70.1 Å². The number of quaternary nitrogens is 1. The van der Waals surface area contributed by atoms with Crippen molar-refractivity contribution in [2.24, 2.45) is 0 Å². The molecule has 1 aliphatic heterocycles. The summed E-state index contributed by atoms with van der Waals surface area (Å²) in [7, 11) is 0. The zero-order valence-electron chi connectivity index (χ0n) is 16.0. The molecule has 0 atom stereocenters. The molecule has 1 amide bonds. The monoisotopic (exact) mass is 363 g/mol. The number of carbonyl (C=O) groups excluding carboxylic acids is 1. The number of hydrogen-bond acceptors (Lipinski definition) is 2. The first-order valence-corrected chi connectivity index (χ1v) is 9.32. The van der Waals surface area contributed by atoms with Crippen LogP contribution in [0.1, 0.15) is 31.9 Å². The molecule has 0 aromatic heterocycles. The number of anilines is 1. The number of nitrogens with one attached hydrogen (secondary N) is 3. The van der Waals surface area contributed by atoms with Crippen LogP contribution in [0.2, 0.25) is 0 Å². The standard InChI is InChI=1S/C19H30N4OS/c1-14-6-7-16(12-15(14)2)20-18(25)23-10-8-22(9-11-23)13-17(24)21-19(3,4)5/h6-7,12H,8-11,13H2,1-5H3,(H,20,25)(H,21,24)/p+1. The molecule has 1 aliphatic rings. The second-order valence-corrected chi connectivity index (χ2v) is 8.33. The van der Waals surface area contributed by atoms with Crippen LogP contribution in [0, 0.1) is 13.8 Å². The second-order valence-electron chi connectivity index (χ2n) is 7.94. The lowest BCUT2D eigenvalue weighted by molar-refractivity contribution is -0.895. The number of benzene rings is 1. The molecule has 0 spiro atoms. The first kappa shape index (κ1) is 19.7. The lowest BCUT2D eigenvalue weighted by atomic mass is 10.1. The molecule has 1 aromatic rings. The quantitative estimate of drug-likeness (QED) is 0.705. The van der Waals surface area contributed by atoms with E-state index in [1.54, 1.807) is 0 Å². The Kier molecular flexibility index (Phi) is 6.41. The number of hydrogen-bond donors (Lipinski definition) is 3. The van der Waals surface area contributed by atoms with E-state index < -0.39 is 0 Å². The molecule has 6 heteroatoms. The molecule has 0 bridgehead atoms. The maximum absolute atomic E-state index is 12.1. The predicted octanol–water partition coefficient (Wildman–Crippen LogP) is 1.12. The van der Waals surface area contributed by atoms with Crippen molar-refractivity contribution < 1.29 is 9.69 Å². The number of thiocarbonyl (C=S) groups is 1. The summed E-state index contributed by atoms with van der Waals surface area (Å²) in [5.41, 5.74) is 3.40. The van der Waals surface area contributed by atoms with Gasteiger partial charge in [-0.25, -0.2) is 0 Å². The number of piperazine rings is 1. The van der Waals surface area contributed by atoms with Crippen molar-refractivity contribution in [3.63, 3.8) is 0 Å². The van der Waals surface area contributed by atoms with E-state index >= 15 is 0 Å². The average molecular weight is 364 g/mol. The van der Waals surface area contributed by atoms with E-state index in [2.05, 4.69) is 47.6 Å². The average Bonchev–Trinajstić information content (AvgIpc) is 2.49. The zero-order valence-corrected chi connectivity index (χ0v) is 16.8. The third kappa shape index (κ3) is 6.29. The molecule has 3 N–H and O–H groups in total. The molecule has 0 saturated carbocycles. The molecule has 0 aliphatic carbocycles. The van der Waals surface area contributed by atoms with Crippen molar-refractivity contribution >= 4 is 28.9 Å². The van der Waals surface area contributed by atoms with Gasteiger partial charge in [0.2, 0.25) is 0 Å². The predicted molar refractivity (Wildman–Crippen MR) is 107 cm³/mol. The van der Waals surface area contributed by atoms with Crippen molar-refractivity contribution in [2.75, 3.05) is 38.0 Å². The van der Waals surface area contributed by atoms with Gasteiger partial charge in [-0.3, -0.25) is 4.79 Å². The molecule has 0 unspecified atom stereocenters. The van der Waals surface area contributed by atoms with Crippen LogP contribution in [-0.2, 0) is 4.79 Å². The minimum atomic E-state index is -0.171. The number of amides is 1. The van der Waals surface area contributed by atoms with Crippen LogP contribution in [0.4, 0.5) is 5.69 Å². The van der Waals surface area contributed by atoms with Gasteiger partial charge in [0.15, 0.2) is 11.7 Å². The SMILES string of the molecule is Cc1ccc(NC(=S)N2CC[NH+](CC(=O)NC(C)(C)C)CC2)cc1C. The summed E-state index contributed by atoms with van der Waals surface area (Å²) >= 11 is 5.56. The van der Waals surface area contributed by atoms with Crippen LogP contribution >= 0.6 is 12.2 Å². The summed E-state index contributed by atoms with van der Waals surface area (Å²) in [6.07, 6.45) is 0. The molecular weight excluding hydrogens is 332 g/mol. The third-order valence-corrected chi connectivity index (χ3v) is 4.80. The van der Waals surface area contributed by atoms with Crippen LogP contribution in [0.5, 0.6) is 0 Å². The third-order valence-electron chi connectivity index (χ3n) is 4.44. The smallest absolute Gasteiger partial charge is 0.275 e. The summed E-state index contributed by atoms with van der Waals surface area (Å²) in [6, 6.07) is 6.29. The molecule has 25 heavy (non-hydrogen) atoms. The summed E-state index contributed by atoms with van der Waals surface area (Å²) in [4.78, 5) is 15.6. The van der Waals surface area contributed by atoms with Gasteiger partial charge in [-0.2, -0.15) is 0 Å². The van der Waals surface area contributed by atoms with Crippen molar-refractivity contribution in [2.45, 2.75) is 40.2 Å². The fourth-order valence-electron chi connectivity index (χ4n) is 2.91. The van der Waals surface area contributed by atoms with Crippen LogP contribution in [0.25, 0.3) is 0 Å². The largest absolute Gasteiger partial charge is 0.347 e. The van der Waals surface area contributed by atoms with Gasteiger partial charge in [-0.15, -0.1) is 0 Å². The number of aryl methyl sites for hydroxylation is 2. The minimum absolute atomic E-state index is 0.117. The summed E-state index contributed by atoms with van der Waals surface area (Å²) in [6.45, 7) is 14.4. The van der Waals surface area contributed by atoms with Gasteiger partial charge in [0.05, 0.1) is 26.2 Å². The molecular formula is C19H31N4OS+. The van der Waals surface area contributed by atoms with E-state index in [1.807, 2.05) is 20.8 Å². The fraction of sp³-hybridized carbons (Fsp3) is 0.579. The molecule has 1 fully saturated rings. The Morgan fingerprint density at radius 2 is 1.84 bits per heavy atom. The van der Waals surface area contributed by atoms with Gasteiger partial charge in [0.1, 0.15) is 0 Å². The summed E-state index contributed by atoms with van der Waals surface area (Å²) < 4.78 is 0. The van der Waals surface area contributed by atoms with Crippen molar-refractivity contribution in [3.05, 3.63) is 29.3 Å². The van der Waals surface area contributed by atoms with Crippen LogP contribution < -0.4 is 15.5 Å². The number of carbonyl (C=O) groups is 1. The van der Waals surface area contributed by atoms with Crippen molar-refractivity contribution in [3.8, 4) is 0 Å². The zero-order chi connectivity index (χ0) is 18.6. The molecule has 5 nitrogen and oxygen atoms in total. The van der Waals surface area contributed by atoms with Gasteiger partial charge in [-0.1, -0.05) is 6.07 Å². The Balaban J connectivity index is 1.80. The molecule has 1 aromatic carbocycles. The molecule has 1 heterocycles. The molecule has 1 saturated heterocycles. The highest BCUT2D eigenvalue weighted by atomic mass is 32.1. The molecule has 2 rings (SSSR count). The van der Waals surface area contributed by atoms with Crippen molar-refractivity contribution in [1.82, 2.24) is 10.2 Å². The lowest BCUT2D eigenvalue weighted by Crippen LogP contribution is -3.16. The Morgan fingerprint density at radius 1 is 1.20 bits per heavy atom. The van der Waals surface area contributed by atoms with E-state index in [-0.39, 0.29) is 11.4 Å². The maximum Gasteiger partial charge on any atom is 0.275 e. The fourth-order valence-corrected chi connectivity index (χ4v) is 3.21. The van der Waals surface area contributed by atoms with Gasteiger partial charge in [0.25, 0.3) is 5.91 Å². The van der Waals surface area contributed by atoms with E-state index in [4.69, 9.17) is 12.2 Å². The van der Waals surface area contributed by atoms with Crippen LogP contribution in [-0.4, -0.2) is 54.2 Å². The van der Waals surface area contributed by atoms with Gasteiger partial charge >= 0.3 is 0 Å². The minimum Gasteiger partial charge on any atom is -0.347 e. The molecule has 138 valence electrons. The normalized spacial score (nSPS) is 15.8.